The average Bonchev–Trinajstić information content (AvgIpc) is 2.33. The largest absolute Gasteiger partial charge is 0.477 e. The van der Waals surface area contributed by atoms with Gasteiger partial charge in [-0.05, 0) is 24.3 Å². The van der Waals surface area contributed by atoms with Crippen molar-refractivity contribution in [1.82, 2.24) is 9.55 Å². The lowest BCUT2D eigenvalue weighted by Crippen LogP contribution is -2.26. The molecule has 2 heterocycles. The number of halogens is 1. The van der Waals surface area contributed by atoms with E-state index in [1.54, 1.807) is 24.5 Å². The van der Waals surface area contributed by atoms with Crippen molar-refractivity contribution in [2.24, 2.45) is 0 Å². The summed E-state index contributed by atoms with van der Waals surface area (Å²) in [5.41, 5.74) is -0.0498. The molecule has 0 bridgehead atoms. The quantitative estimate of drug-likeness (QED) is 0.912. The Morgan fingerprint density at radius 1 is 1.28 bits per heavy atom. The molecule has 0 radical (unpaired) electrons. The summed E-state index contributed by atoms with van der Waals surface area (Å²) in [6, 6.07) is 8.20. The topological polar surface area (TPSA) is 72.2 Å². The zero-order valence-electron chi connectivity index (χ0n) is 9.31. The van der Waals surface area contributed by atoms with E-state index in [-0.39, 0.29) is 24.5 Å². The predicted molar refractivity (Wildman–Crippen MR) is 68.2 cm³/mol. The number of aromatic nitrogens is 2. The van der Waals surface area contributed by atoms with Crippen LogP contribution in [0, 0.1) is 0 Å². The Hall–Kier alpha value is -2.14. The summed E-state index contributed by atoms with van der Waals surface area (Å²) in [7, 11) is 0. The molecule has 1 N–H and O–H groups in total. The van der Waals surface area contributed by atoms with Crippen LogP contribution in [-0.2, 0) is 6.54 Å². The van der Waals surface area contributed by atoms with Crippen molar-refractivity contribution < 1.29 is 9.90 Å². The molecule has 0 aromatic carbocycles. The third-order valence-corrected chi connectivity index (χ3v) is 2.31. The van der Waals surface area contributed by atoms with Gasteiger partial charge in [-0.25, -0.2) is 4.79 Å². The van der Waals surface area contributed by atoms with Crippen molar-refractivity contribution in [1.29, 1.82) is 0 Å². The van der Waals surface area contributed by atoms with E-state index >= 15 is 0 Å². The van der Waals surface area contributed by atoms with Gasteiger partial charge in [0, 0.05) is 12.4 Å². The van der Waals surface area contributed by atoms with Gasteiger partial charge in [-0.3, -0.25) is 9.78 Å². The molecule has 0 spiro atoms. The maximum Gasteiger partial charge on any atom is 0.341 e. The Morgan fingerprint density at radius 2 is 2.06 bits per heavy atom. The molecule has 18 heavy (non-hydrogen) atoms. The van der Waals surface area contributed by atoms with E-state index in [1.165, 1.54) is 16.7 Å². The zero-order valence-corrected chi connectivity index (χ0v) is 10.1. The minimum atomic E-state index is -1.22. The second-order valence-corrected chi connectivity index (χ2v) is 3.48. The van der Waals surface area contributed by atoms with Crippen molar-refractivity contribution in [2.45, 2.75) is 6.54 Å². The van der Waals surface area contributed by atoms with Gasteiger partial charge in [0.05, 0.1) is 12.2 Å². The first-order chi connectivity index (χ1) is 8.18. The maximum absolute atomic E-state index is 11.8. The van der Waals surface area contributed by atoms with Gasteiger partial charge >= 0.3 is 5.97 Å². The molecular formula is C12H11ClN2O3. The fraction of sp³-hybridized carbons (Fsp3) is 0.0833. The number of carbonyl (C=O) groups is 1. The standard InChI is InChI=1S/C12H10N2O3.ClH/c15-11-10(12(16)17)5-3-7-14(11)8-9-4-1-2-6-13-9;/h1-7H,8H2,(H,16,17);1H. The smallest absolute Gasteiger partial charge is 0.341 e. The number of carboxylic acid groups (broad SMARTS) is 1. The molecular weight excluding hydrogens is 256 g/mol. The highest BCUT2D eigenvalue weighted by molar-refractivity contribution is 5.87. The van der Waals surface area contributed by atoms with Gasteiger partial charge in [0.15, 0.2) is 0 Å². The van der Waals surface area contributed by atoms with Crippen LogP contribution in [0.4, 0.5) is 0 Å². The van der Waals surface area contributed by atoms with Crippen molar-refractivity contribution >= 4 is 18.4 Å². The fourth-order valence-corrected chi connectivity index (χ4v) is 1.49. The molecule has 5 nitrogen and oxygen atoms in total. The highest BCUT2D eigenvalue weighted by atomic mass is 35.5. The first-order valence-electron chi connectivity index (χ1n) is 5.01. The Bertz CT molecular complexity index is 596. The predicted octanol–water partition coefficient (Wildman–Crippen LogP) is 1.41. The SMILES string of the molecule is Cl.O=C(O)c1cccn(Cc2ccccn2)c1=O. The Kier molecular flexibility index (Phi) is 4.62. The number of hydrogen-bond acceptors (Lipinski definition) is 3. The summed E-state index contributed by atoms with van der Waals surface area (Å²) in [5.74, 6) is -1.22. The lowest BCUT2D eigenvalue weighted by Gasteiger charge is -2.05. The van der Waals surface area contributed by atoms with E-state index < -0.39 is 11.5 Å². The molecule has 2 aromatic heterocycles. The molecule has 0 saturated heterocycles. The van der Waals surface area contributed by atoms with Crippen molar-refractivity contribution in [3.8, 4) is 0 Å². The van der Waals surface area contributed by atoms with E-state index in [0.717, 1.165) is 0 Å². The van der Waals surface area contributed by atoms with E-state index in [2.05, 4.69) is 4.98 Å². The van der Waals surface area contributed by atoms with Crippen molar-refractivity contribution in [3.63, 3.8) is 0 Å². The van der Waals surface area contributed by atoms with Gasteiger partial charge in [-0.1, -0.05) is 6.07 Å². The minimum Gasteiger partial charge on any atom is -0.477 e. The van der Waals surface area contributed by atoms with Crippen LogP contribution in [0.15, 0.2) is 47.5 Å². The van der Waals surface area contributed by atoms with Gasteiger partial charge in [0.25, 0.3) is 5.56 Å². The molecule has 6 heteroatoms. The van der Waals surface area contributed by atoms with Crippen LogP contribution in [0.1, 0.15) is 16.1 Å². The molecule has 0 saturated carbocycles. The lowest BCUT2D eigenvalue weighted by molar-refractivity contribution is 0.0694. The third-order valence-electron chi connectivity index (χ3n) is 2.31. The number of carboxylic acids is 1. The van der Waals surface area contributed by atoms with Gasteiger partial charge in [-0.2, -0.15) is 0 Å². The minimum absolute atomic E-state index is 0. The number of aromatic carboxylic acids is 1. The maximum atomic E-state index is 11.8. The molecule has 0 amide bonds. The van der Waals surface area contributed by atoms with Crippen LogP contribution in [-0.4, -0.2) is 20.6 Å². The summed E-state index contributed by atoms with van der Waals surface area (Å²) < 4.78 is 1.33. The monoisotopic (exact) mass is 266 g/mol. The second kappa shape index (κ2) is 5.97. The Labute approximate surface area is 109 Å². The Balaban J connectivity index is 0.00000162. The summed E-state index contributed by atoms with van der Waals surface area (Å²) in [6.07, 6.45) is 3.17. The van der Waals surface area contributed by atoms with Crippen LogP contribution in [0.25, 0.3) is 0 Å². The number of rotatable bonds is 3. The zero-order chi connectivity index (χ0) is 12.3. The first kappa shape index (κ1) is 13.9. The summed E-state index contributed by atoms with van der Waals surface area (Å²) in [6.45, 7) is 0.265. The first-order valence-corrected chi connectivity index (χ1v) is 5.01. The Morgan fingerprint density at radius 3 is 2.67 bits per heavy atom. The average molecular weight is 267 g/mol. The van der Waals surface area contributed by atoms with Gasteiger partial charge < -0.3 is 9.67 Å². The van der Waals surface area contributed by atoms with Gasteiger partial charge in [0.2, 0.25) is 0 Å². The molecule has 2 aromatic rings. The van der Waals surface area contributed by atoms with Crippen molar-refractivity contribution in [3.05, 3.63) is 64.3 Å². The van der Waals surface area contributed by atoms with E-state index in [9.17, 15) is 9.59 Å². The van der Waals surface area contributed by atoms with Crippen LogP contribution in [0.5, 0.6) is 0 Å². The number of pyridine rings is 2. The van der Waals surface area contributed by atoms with Gasteiger partial charge in [-0.15, -0.1) is 12.4 Å². The summed E-state index contributed by atoms with van der Waals surface area (Å²) >= 11 is 0. The van der Waals surface area contributed by atoms with Crippen LogP contribution < -0.4 is 5.56 Å². The highest BCUT2D eigenvalue weighted by Gasteiger charge is 2.10. The fourth-order valence-electron chi connectivity index (χ4n) is 1.49. The molecule has 0 fully saturated rings. The molecule has 2 rings (SSSR count). The normalized spacial score (nSPS) is 9.56. The molecule has 0 aliphatic heterocycles. The van der Waals surface area contributed by atoms with Crippen molar-refractivity contribution in [2.75, 3.05) is 0 Å². The number of nitrogens with zero attached hydrogens (tertiary/aromatic N) is 2. The molecule has 0 aliphatic carbocycles. The number of hydrogen-bond donors (Lipinski definition) is 1. The second-order valence-electron chi connectivity index (χ2n) is 3.48. The summed E-state index contributed by atoms with van der Waals surface area (Å²) in [5, 5.41) is 8.83. The summed E-state index contributed by atoms with van der Waals surface area (Å²) in [4.78, 5) is 26.6. The van der Waals surface area contributed by atoms with Crippen LogP contribution in [0.2, 0.25) is 0 Å². The highest BCUT2D eigenvalue weighted by Crippen LogP contribution is 1.98. The molecule has 94 valence electrons. The molecule has 0 atom stereocenters. The molecule has 0 aliphatic rings. The van der Waals surface area contributed by atoms with E-state index in [0.29, 0.717) is 5.69 Å². The van der Waals surface area contributed by atoms with E-state index in [1.807, 2.05) is 6.07 Å². The lowest BCUT2D eigenvalue weighted by atomic mass is 10.2. The third kappa shape index (κ3) is 2.95. The van der Waals surface area contributed by atoms with Crippen LogP contribution in [0.3, 0.4) is 0 Å². The van der Waals surface area contributed by atoms with Crippen LogP contribution >= 0.6 is 12.4 Å². The van der Waals surface area contributed by atoms with E-state index in [4.69, 9.17) is 5.11 Å². The van der Waals surface area contributed by atoms with Gasteiger partial charge in [0.1, 0.15) is 5.56 Å². The molecule has 0 unspecified atom stereocenters.